The first kappa shape index (κ1) is 29.9. The van der Waals surface area contributed by atoms with Crippen LogP contribution in [0.15, 0.2) is 18.6 Å². The molecule has 2 aromatic rings. The molecule has 0 bridgehead atoms. The highest BCUT2D eigenvalue weighted by Crippen LogP contribution is 2.25. The lowest BCUT2D eigenvalue weighted by Crippen LogP contribution is -2.58. The van der Waals surface area contributed by atoms with Gasteiger partial charge in [-0.15, -0.1) is 0 Å². The third-order valence-corrected chi connectivity index (χ3v) is 6.32. The van der Waals surface area contributed by atoms with E-state index in [1.165, 1.54) is 12.4 Å². The first-order chi connectivity index (χ1) is 19.2. The minimum absolute atomic E-state index is 0.232. The normalized spacial score (nSPS) is 17.5. The van der Waals surface area contributed by atoms with Gasteiger partial charge >= 0.3 is 18.0 Å². The van der Waals surface area contributed by atoms with Crippen molar-refractivity contribution in [1.29, 1.82) is 0 Å². The number of hydrogen-bond acceptors (Lipinski definition) is 12. The molecule has 0 unspecified atom stereocenters. The molecule has 2 aliphatic rings. The van der Waals surface area contributed by atoms with Crippen molar-refractivity contribution in [3.63, 3.8) is 0 Å². The van der Waals surface area contributed by atoms with Gasteiger partial charge in [0.2, 0.25) is 11.9 Å². The Balaban J connectivity index is 1.52. The smallest absolute Gasteiger partial charge is 0.410 e. The summed E-state index contributed by atoms with van der Waals surface area (Å²) in [7, 11) is 0. The SMILES string of the molecule is CCOC(=O)c1cnc(N2CCN(c3ncc4c(n3)CCN(C(=O)OC(C)(C)C)C4)C[C@@H]2C(=O)OC(C)(C)C)nc1. The fourth-order valence-electron chi connectivity index (χ4n) is 4.51. The highest BCUT2D eigenvalue weighted by molar-refractivity contribution is 5.88. The summed E-state index contributed by atoms with van der Waals surface area (Å²) in [4.78, 5) is 61.4. The highest BCUT2D eigenvalue weighted by atomic mass is 16.6. The summed E-state index contributed by atoms with van der Waals surface area (Å²) in [5, 5.41) is 0. The van der Waals surface area contributed by atoms with Gasteiger partial charge in [-0.05, 0) is 48.5 Å². The van der Waals surface area contributed by atoms with E-state index >= 15 is 0 Å². The van der Waals surface area contributed by atoms with Crippen molar-refractivity contribution in [2.75, 3.05) is 42.6 Å². The van der Waals surface area contributed by atoms with Crippen LogP contribution in [0, 0.1) is 0 Å². The van der Waals surface area contributed by atoms with Crippen molar-refractivity contribution < 1.29 is 28.6 Å². The lowest BCUT2D eigenvalue weighted by atomic mass is 10.1. The number of carbonyl (C=O) groups excluding carboxylic acids is 3. The molecule has 41 heavy (non-hydrogen) atoms. The molecular formula is C28H39N7O6. The quantitative estimate of drug-likeness (QED) is 0.386. The minimum Gasteiger partial charge on any atom is -0.462 e. The number of carbonyl (C=O) groups is 3. The Morgan fingerprint density at radius 1 is 0.902 bits per heavy atom. The van der Waals surface area contributed by atoms with Gasteiger partial charge in [0.05, 0.1) is 31.0 Å². The number of hydrogen-bond donors (Lipinski definition) is 0. The maximum absolute atomic E-state index is 13.4. The summed E-state index contributed by atoms with van der Waals surface area (Å²) >= 11 is 0. The lowest BCUT2D eigenvalue weighted by molar-refractivity contribution is -0.156. The van der Waals surface area contributed by atoms with Crippen LogP contribution in [-0.2, 0) is 32.0 Å². The number of nitrogens with zero attached hydrogens (tertiary/aromatic N) is 7. The molecule has 2 aromatic heterocycles. The predicted octanol–water partition coefficient (Wildman–Crippen LogP) is 2.77. The van der Waals surface area contributed by atoms with Crippen LogP contribution in [0.2, 0.25) is 0 Å². The first-order valence-electron chi connectivity index (χ1n) is 13.8. The molecule has 1 atom stereocenters. The van der Waals surface area contributed by atoms with Crippen molar-refractivity contribution in [3.8, 4) is 0 Å². The average Bonchev–Trinajstić information content (AvgIpc) is 2.90. The van der Waals surface area contributed by atoms with E-state index in [1.54, 1.807) is 22.9 Å². The van der Waals surface area contributed by atoms with Gasteiger partial charge in [0.25, 0.3) is 0 Å². The Morgan fingerprint density at radius 3 is 2.20 bits per heavy atom. The number of amides is 1. The molecule has 222 valence electrons. The molecule has 4 rings (SSSR count). The molecule has 1 saturated heterocycles. The van der Waals surface area contributed by atoms with Gasteiger partial charge < -0.3 is 28.9 Å². The number of rotatable bonds is 5. The topological polar surface area (TPSA) is 140 Å². The summed E-state index contributed by atoms with van der Waals surface area (Å²) in [6.45, 7) is 15.0. The zero-order valence-corrected chi connectivity index (χ0v) is 24.8. The standard InChI is InChI=1S/C28H39N7O6/c1-8-39-22(36)18-13-29-24(30-14-18)35-12-11-33(17-21(35)23(37)40-27(2,3)4)25-31-15-19-16-34(10-9-20(19)32-25)26(38)41-28(5,6)7/h13-15,21H,8-12,16-17H2,1-7H3/t21-/m1/s1. The second-order valence-corrected chi connectivity index (χ2v) is 12.0. The van der Waals surface area contributed by atoms with E-state index in [-0.39, 0.29) is 24.8 Å². The Kier molecular flexibility index (Phi) is 8.64. The molecule has 0 aromatic carbocycles. The summed E-state index contributed by atoms with van der Waals surface area (Å²) in [6, 6.07) is -0.737. The summed E-state index contributed by atoms with van der Waals surface area (Å²) < 4.78 is 16.3. The Morgan fingerprint density at radius 2 is 1.56 bits per heavy atom. The van der Waals surface area contributed by atoms with Crippen LogP contribution in [0.4, 0.5) is 16.7 Å². The lowest BCUT2D eigenvalue weighted by Gasteiger charge is -2.41. The molecule has 0 spiro atoms. The van der Waals surface area contributed by atoms with Crippen LogP contribution < -0.4 is 9.80 Å². The van der Waals surface area contributed by atoms with E-state index < -0.39 is 29.2 Å². The van der Waals surface area contributed by atoms with Crippen LogP contribution in [0.25, 0.3) is 0 Å². The van der Waals surface area contributed by atoms with E-state index in [0.29, 0.717) is 44.5 Å². The summed E-state index contributed by atoms with van der Waals surface area (Å²) in [6.07, 6.45) is 4.74. The van der Waals surface area contributed by atoms with Gasteiger partial charge in [-0.3, -0.25) is 0 Å². The molecule has 0 saturated carbocycles. The third-order valence-electron chi connectivity index (χ3n) is 6.32. The fourth-order valence-corrected chi connectivity index (χ4v) is 4.51. The molecular weight excluding hydrogens is 530 g/mol. The third kappa shape index (κ3) is 7.59. The summed E-state index contributed by atoms with van der Waals surface area (Å²) in [5.74, 6) is -0.124. The maximum atomic E-state index is 13.4. The van der Waals surface area contributed by atoms with Crippen molar-refractivity contribution >= 4 is 29.9 Å². The molecule has 0 radical (unpaired) electrons. The van der Waals surface area contributed by atoms with Gasteiger partial charge in [-0.25, -0.2) is 34.3 Å². The van der Waals surface area contributed by atoms with E-state index in [4.69, 9.17) is 19.2 Å². The van der Waals surface area contributed by atoms with Gasteiger partial charge in [-0.1, -0.05) is 0 Å². The highest BCUT2D eigenvalue weighted by Gasteiger charge is 2.38. The fraction of sp³-hybridized carbons (Fsp3) is 0.607. The number of ether oxygens (including phenoxy) is 3. The summed E-state index contributed by atoms with van der Waals surface area (Å²) in [5.41, 5.74) is 0.698. The Bertz CT molecular complexity index is 1270. The average molecular weight is 570 g/mol. The second-order valence-electron chi connectivity index (χ2n) is 12.0. The van der Waals surface area contributed by atoms with Crippen LogP contribution in [0.3, 0.4) is 0 Å². The van der Waals surface area contributed by atoms with Crippen molar-refractivity contribution in [2.24, 2.45) is 0 Å². The van der Waals surface area contributed by atoms with Crippen LogP contribution in [0.1, 0.15) is 70.1 Å². The molecule has 1 fully saturated rings. The van der Waals surface area contributed by atoms with E-state index in [2.05, 4.69) is 15.0 Å². The number of aromatic nitrogens is 4. The predicted molar refractivity (Wildman–Crippen MR) is 150 cm³/mol. The van der Waals surface area contributed by atoms with Gasteiger partial charge in [0.1, 0.15) is 17.2 Å². The minimum atomic E-state index is -0.737. The van der Waals surface area contributed by atoms with Crippen LogP contribution >= 0.6 is 0 Å². The van der Waals surface area contributed by atoms with Crippen molar-refractivity contribution in [2.45, 2.75) is 78.7 Å². The van der Waals surface area contributed by atoms with Crippen molar-refractivity contribution in [1.82, 2.24) is 24.8 Å². The van der Waals surface area contributed by atoms with E-state index in [0.717, 1.165) is 11.3 Å². The zero-order valence-electron chi connectivity index (χ0n) is 24.8. The Labute approximate surface area is 240 Å². The van der Waals surface area contributed by atoms with E-state index in [9.17, 15) is 14.4 Å². The first-order valence-corrected chi connectivity index (χ1v) is 13.8. The van der Waals surface area contributed by atoms with Crippen LogP contribution in [0.5, 0.6) is 0 Å². The molecule has 0 aliphatic carbocycles. The molecule has 2 aliphatic heterocycles. The molecule has 0 N–H and O–H groups in total. The van der Waals surface area contributed by atoms with Gasteiger partial charge in [0, 0.05) is 50.2 Å². The zero-order chi connectivity index (χ0) is 29.9. The number of fused-ring (bicyclic) bond motifs is 1. The number of anilines is 2. The van der Waals surface area contributed by atoms with Gasteiger partial charge in [-0.2, -0.15) is 0 Å². The molecule has 1 amide bonds. The van der Waals surface area contributed by atoms with Crippen LogP contribution in [-0.4, -0.2) is 92.9 Å². The monoisotopic (exact) mass is 569 g/mol. The Hall–Kier alpha value is -4.03. The molecule has 4 heterocycles. The molecule has 13 nitrogen and oxygen atoms in total. The van der Waals surface area contributed by atoms with Crippen molar-refractivity contribution in [3.05, 3.63) is 35.4 Å². The molecule has 13 heteroatoms. The van der Waals surface area contributed by atoms with Gasteiger partial charge in [0.15, 0.2) is 0 Å². The largest absolute Gasteiger partial charge is 0.462 e. The number of piperazine rings is 1. The number of esters is 2. The van der Waals surface area contributed by atoms with E-state index in [1.807, 2.05) is 46.4 Å². The maximum Gasteiger partial charge on any atom is 0.410 e. The second kappa shape index (κ2) is 11.8.